The van der Waals surface area contributed by atoms with E-state index >= 15 is 0 Å². The summed E-state index contributed by atoms with van der Waals surface area (Å²) in [5.74, 6) is 0.943. The Morgan fingerprint density at radius 3 is 2.76 bits per heavy atom. The first-order valence-electron chi connectivity index (χ1n) is 6.55. The number of ketones is 1. The highest BCUT2D eigenvalue weighted by molar-refractivity contribution is 5.96. The molecule has 1 aromatic rings. The minimum absolute atomic E-state index is 0.312. The third kappa shape index (κ3) is 2.27. The third-order valence-electron chi connectivity index (χ3n) is 3.99. The molecule has 2 nitrogen and oxygen atoms in total. The molecule has 1 heterocycles. The van der Waals surface area contributed by atoms with Crippen molar-refractivity contribution < 1.29 is 9.53 Å². The van der Waals surface area contributed by atoms with Crippen molar-refractivity contribution >= 4 is 5.78 Å². The Bertz CT molecular complexity index is 431. The van der Waals surface area contributed by atoms with Gasteiger partial charge in [-0.2, -0.15) is 0 Å². The predicted molar refractivity (Wildman–Crippen MR) is 65.8 cm³/mol. The monoisotopic (exact) mass is 230 g/mol. The predicted octanol–water partition coefficient (Wildman–Crippen LogP) is 3.48. The number of benzene rings is 1. The molecule has 2 aliphatic rings. The minimum atomic E-state index is 0.312. The van der Waals surface area contributed by atoms with Crippen LogP contribution < -0.4 is 0 Å². The quantitative estimate of drug-likeness (QED) is 0.743. The second-order valence-corrected chi connectivity index (χ2v) is 5.25. The molecule has 0 aromatic heterocycles. The zero-order valence-corrected chi connectivity index (χ0v) is 10.1. The summed E-state index contributed by atoms with van der Waals surface area (Å²) in [6.07, 6.45) is 5.81. The third-order valence-corrected chi connectivity index (χ3v) is 3.99. The van der Waals surface area contributed by atoms with Crippen LogP contribution in [0.5, 0.6) is 0 Å². The Labute approximate surface area is 102 Å². The number of carbonyl (C=O) groups excluding carboxylic acids is 1. The normalized spacial score (nSPS) is 19.5. The summed E-state index contributed by atoms with van der Waals surface area (Å²) in [5, 5.41) is 0. The first-order valence-corrected chi connectivity index (χ1v) is 6.55. The van der Waals surface area contributed by atoms with Crippen LogP contribution in [0.2, 0.25) is 0 Å². The maximum absolute atomic E-state index is 12.2. The number of carbonyl (C=O) groups is 1. The van der Waals surface area contributed by atoms with E-state index in [0.717, 1.165) is 12.0 Å². The number of rotatable bonds is 3. The van der Waals surface area contributed by atoms with E-state index in [2.05, 4.69) is 0 Å². The first kappa shape index (κ1) is 11.0. The number of fused-ring (bicyclic) bond motifs is 1. The summed E-state index contributed by atoms with van der Waals surface area (Å²) < 4.78 is 5.37. The second kappa shape index (κ2) is 4.61. The van der Waals surface area contributed by atoms with Crippen molar-refractivity contribution in [2.75, 3.05) is 0 Å². The first-order chi connectivity index (χ1) is 8.33. The SMILES string of the molecule is O=C(CC1CCCC1)c1ccc2c(c1)COC2. The van der Waals surface area contributed by atoms with Gasteiger partial charge in [0, 0.05) is 12.0 Å². The van der Waals surface area contributed by atoms with Gasteiger partial charge in [0.1, 0.15) is 0 Å². The molecule has 90 valence electrons. The van der Waals surface area contributed by atoms with Crippen LogP contribution in [0.25, 0.3) is 0 Å². The van der Waals surface area contributed by atoms with E-state index in [9.17, 15) is 4.79 Å². The van der Waals surface area contributed by atoms with Crippen LogP contribution in [0, 0.1) is 5.92 Å². The zero-order valence-electron chi connectivity index (χ0n) is 10.1. The Morgan fingerprint density at radius 2 is 1.94 bits per heavy atom. The molecule has 0 N–H and O–H groups in total. The van der Waals surface area contributed by atoms with Gasteiger partial charge in [-0.25, -0.2) is 0 Å². The molecule has 0 amide bonds. The van der Waals surface area contributed by atoms with Crippen LogP contribution in [0.15, 0.2) is 18.2 Å². The highest BCUT2D eigenvalue weighted by Crippen LogP contribution is 2.29. The lowest BCUT2D eigenvalue weighted by Crippen LogP contribution is -2.06. The van der Waals surface area contributed by atoms with E-state index in [0.29, 0.717) is 24.9 Å². The molecule has 3 rings (SSSR count). The molecule has 17 heavy (non-hydrogen) atoms. The summed E-state index contributed by atoms with van der Waals surface area (Å²) in [7, 11) is 0. The fraction of sp³-hybridized carbons (Fsp3) is 0.533. The molecule has 0 saturated heterocycles. The minimum Gasteiger partial charge on any atom is -0.372 e. The van der Waals surface area contributed by atoms with E-state index in [1.54, 1.807) is 0 Å². The van der Waals surface area contributed by atoms with Crippen LogP contribution >= 0.6 is 0 Å². The topological polar surface area (TPSA) is 26.3 Å². The van der Waals surface area contributed by atoms with E-state index in [1.807, 2.05) is 18.2 Å². The maximum Gasteiger partial charge on any atom is 0.163 e. The van der Waals surface area contributed by atoms with Crippen molar-refractivity contribution in [1.29, 1.82) is 0 Å². The van der Waals surface area contributed by atoms with Gasteiger partial charge in [0.15, 0.2) is 5.78 Å². The summed E-state index contributed by atoms with van der Waals surface area (Å²) in [5.41, 5.74) is 3.31. The van der Waals surface area contributed by atoms with Gasteiger partial charge in [-0.1, -0.05) is 37.8 Å². The lowest BCUT2D eigenvalue weighted by atomic mass is 9.95. The Balaban J connectivity index is 1.72. The van der Waals surface area contributed by atoms with Gasteiger partial charge in [0.2, 0.25) is 0 Å². The van der Waals surface area contributed by atoms with E-state index in [1.165, 1.54) is 36.8 Å². The summed E-state index contributed by atoms with van der Waals surface area (Å²) in [4.78, 5) is 12.2. The van der Waals surface area contributed by atoms with Crippen LogP contribution in [-0.2, 0) is 18.0 Å². The van der Waals surface area contributed by atoms with Gasteiger partial charge in [-0.05, 0) is 23.1 Å². The highest BCUT2D eigenvalue weighted by atomic mass is 16.5. The van der Waals surface area contributed by atoms with Crippen LogP contribution in [0.3, 0.4) is 0 Å². The van der Waals surface area contributed by atoms with E-state index < -0.39 is 0 Å². The van der Waals surface area contributed by atoms with Crippen molar-refractivity contribution in [1.82, 2.24) is 0 Å². The number of ether oxygens (including phenoxy) is 1. The van der Waals surface area contributed by atoms with Crippen molar-refractivity contribution in [2.24, 2.45) is 5.92 Å². The molecule has 1 aliphatic heterocycles. The Kier molecular flexibility index (Phi) is 2.98. The lowest BCUT2D eigenvalue weighted by Gasteiger charge is -2.08. The summed E-state index contributed by atoms with van der Waals surface area (Å²) >= 11 is 0. The second-order valence-electron chi connectivity index (χ2n) is 5.25. The molecular formula is C15H18O2. The number of Topliss-reactive ketones (excluding diaryl/α,β-unsaturated/α-hetero) is 1. The molecule has 1 fully saturated rings. The van der Waals surface area contributed by atoms with Crippen LogP contribution in [-0.4, -0.2) is 5.78 Å². The van der Waals surface area contributed by atoms with Gasteiger partial charge in [0.25, 0.3) is 0 Å². The molecule has 0 spiro atoms. The fourth-order valence-corrected chi connectivity index (χ4v) is 2.94. The molecule has 0 atom stereocenters. The number of hydrogen-bond acceptors (Lipinski definition) is 2. The lowest BCUT2D eigenvalue weighted by molar-refractivity contribution is 0.0962. The molecule has 0 radical (unpaired) electrons. The van der Waals surface area contributed by atoms with Crippen molar-refractivity contribution in [3.05, 3.63) is 34.9 Å². The fourth-order valence-electron chi connectivity index (χ4n) is 2.94. The Hall–Kier alpha value is -1.15. The van der Waals surface area contributed by atoms with Gasteiger partial charge in [-0.15, -0.1) is 0 Å². The van der Waals surface area contributed by atoms with Crippen LogP contribution in [0.4, 0.5) is 0 Å². The van der Waals surface area contributed by atoms with Crippen LogP contribution in [0.1, 0.15) is 53.6 Å². The van der Waals surface area contributed by atoms with E-state index in [-0.39, 0.29) is 0 Å². The molecule has 1 saturated carbocycles. The molecule has 1 aromatic carbocycles. The van der Waals surface area contributed by atoms with Gasteiger partial charge < -0.3 is 4.74 Å². The maximum atomic E-state index is 12.2. The van der Waals surface area contributed by atoms with Crippen molar-refractivity contribution in [2.45, 2.75) is 45.3 Å². The standard InChI is InChI=1S/C15H18O2/c16-15(7-11-3-1-2-4-11)12-5-6-13-9-17-10-14(13)8-12/h5-6,8,11H,1-4,7,9-10H2. The molecule has 0 bridgehead atoms. The smallest absolute Gasteiger partial charge is 0.163 e. The summed E-state index contributed by atoms with van der Waals surface area (Å²) in [6, 6.07) is 6.04. The van der Waals surface area contributed by atoms with Gasteiger partial charge in [0.05, 0.1) is 13.2 Å². The average Bonchev–Trinajstić information content (AvgIpc) is 2.97. The molecular weight excluding hydrogens is 212 g/mol. The Morgan fingerprint density at radius 1 is 1.18 bits per heavy atom. The molecule has 0 unspecified atom stereocenters. The molecule has 2 heteroatoms. The summed E-state index contributed by atoms with van der Waals surface area (Å²) in [6.45, 7) is 1.37. The van der Waals surface area contributed by atoms with Gasteiger partial charge >= 0.3 is 0 Å². The number of hydrogen-bond donors (Lipinski definition) is 0. The average molecular weight is 230 g/mol. The largest absolute Gasteiger partial charge is 0.372 e. The van der Waals surface area contributed by atoms with Gasteiger partial charge in [-0.3, -0.25) is 4.79 Å². The van der Waals surface area contributed by atoms with Crippen molar-refractivity contribution in [3.63, 3.8) is 0 Å². The molecule has 1 aliphatic carbocycles. The zero-order chi connectivity index (χ0) is 11.7. The van der Waals surface area contributed by atoms with E-state index in [4.69, 9.17) is 4.74 Å². The van der Waals surface area contributed by atoms with Crippen molar-refractivity contribution in [3.8, 4) is 0 Å². The highest BCUT2D eigenvalue weighted by Gasteiger charge is 2.20.